The first kappa shape index (κ1) is 27.1. The highest BCUT2D eigenvalue weighted by molar-refractivity contribution is 7.33. The average Bonchev–Trinajstić information content (AvgIpc) is 2.56. The van der Waals surface area contributed by atoms with Crippen molar-refractivity contribution in [1.29, 1.82) is 0 Å². The van der Waals surface area contributed by atoms with Crippen molar-refractivity contribution in [1.82, 2.24) is 0 Å². The van der Waals surface area contributed by atoms with Crippen LogP contribution in [0.5, 0.6) is 0 Å². The van der Waals surface area contributed by atoms with Crippen LogP contribution in [-0.4, -0.2) is 37.1 Å². The van der Waals surface area contributed by atoms with E-state index in [0.29, 0.717) is 12.8 Å². The van der Waals surface area contributed by atoms with Crippen LogP contribution in [0.1, 0.15) is 52.4 Å². The molecule has 0 aliphatic carbocycles. The Labute approximate surface area is 160 Å². The zero-order valence-corrected chi connectivity index (χ0v) is 16.6. The predicted molar refractivity (Wildman–Crippen MR) is 89.1 cm³/mol. The molecule has 0 N–H and O–H groups in total. The Morgan fingerprint density at radius 2 is 1.11 bits per heavy atom. The third kappa shape index (κ3) is 10.6. The summed E-state index contributed by atoms with van der Waals surface area (Å²) in [6.45, 7) is 0.955. The monoisotopic (exact) mass is 442 g/mol. The zero-order chi connectivity index (χ0) is 22.0. The van der Waals surface area contributed by atoms with Gasteiger partial charge in [-0.15, -0.1) is 0 Å². The van der Waals surface area contributed by atoms with E-state index >= 15 is 0 Å². The van der Waals surface area contributed by atoms with Crippen LogP contribution in [0, 0.1) is 11.8 Å². The Morgan fingerprint density at radius 1 is 0.786 bits per heavy atom. The van der Waals surface area contributed by atoms with E-state index in [2.05, 4.69) is 9.05 Å². The number of unbranched alkanes of at least 4 members (excludes halogenated alkanes) is 2. The summed E-state index contributed by atoms with van der Waals surface area (Å²) < 4.78 is 97.4. The van der Waals surface area contributed by atoms with Gasteiger partial charge < -0.3 is 9.05 Å². The van der Waals surface area contributed by atoms with E-state index in [1.54, 1.807) is 13.8 Å². The zero-order valence-electron chi connectivity index (χ0n) is 15.6. The lowest BCUT2D eigenvalue weighted by atomic mass is 9.97. The van der Waals surface area contributed by atoms with Crippen LogP contribution >= 0.6 is 8.25 Å². The molecular formula is C16H25F6O5P. The number of carbonyl (C=O) groups excluding carboxylic acids is 2. The Balaban J connectivity index is 4.60. The van der Waals surface area contributed by atoms with Crippen molar-refractivity contribution >= 4 is 19.8 Å². The Bertz CT molecular complexity index is 477. The van der Waals surface area contributed by atoms with Crippen LogP contribution < -0.4 is 0 Å². The smallest absolute Gasteiger partial charge is 0.303 e. The van der Waals surface area contributed by atoms with Gasteiger partial charge in [-0.1, -0.05) is 39.5 Å². The first-order valence-electron chi connectivity index (χ1n) is 8.82. The van der Waals surface area contributed by atoms with Gasteiger partial charge in [0, 0.05) is 0 Å². The number of Topliss-reactive ketones (excluding diaryl/α,β-unsaturated/α-hetero) is 2. The maximum absolute atomic E-state index is 12.8. The number of halogens is 6. The fraction of sp³-hybridized carbons (Fsp3) is 0.875. The molecule has 12 heteroatoms. The summed E-state index contributed by atoms with van der Waals surface area (Å²) in [5.74, 6) is -7.28. The number of rotatable bonds is 14. The summed E-state index contributed by atoms with van der Waals surface area (Å²) in [6, 6.07) is 0. The Hall–Kier alpha value is -0.930. The van der Waals surface area contributed by atoms with E-state index in [4.69, 9.17) is 0 Å². The van der Waals surface area contributed by atoms with Gasteiger partial charge in [0.2, 0.25) is 0 Å². The number of ketones is 2. The molecule has 0 amide bonds. The molecule has 0 aromatic rings. The second-order valence-corrected chi connectivity index (χ2v) is 7.31. The molecule has 0 aromatic carbocycles. The summed E-state index contributed by atoms with van der Waals surface area (Å²) in [4.78, 5) is 23.3. The van der Waals surface area contributed by atoms with E-state index in [9.17, 15) is 40.5 Å². The van der Waals surface area contributed by atoms with Crippen molar-refractivity contribution in [2.45, 2.75) is 64.7 Å². The van der Waals surface area contributed by atoms with Crippen LogP contribution in [0.3, 0.4) is 0 Å². The number of hydrogen-bond acceptors (Lipinski definition) is 5. The maximum atomic E-state index is 12.8. The highest BCUT2D eigenvalue weighted by Crippen LogP contribution is 2.34. The summed E-state index contributed by atoms with van der Waals surface area (Å²) in [5, 5.41) is 0. The van der Waals surface area contributed by atoms with Crippen molar-refractivity contribution in [3.63, 3.8) is 0 Å². The van der Waals surface area contributed by atoms with E-state index < -0.39 is 70.1 Å². The molecule has 0 radical (unpaired) electrons. The van der Waals surface area contributed by atoms with E-state index in [0.717, 1.165) is 0 Å². The molecule has 0 rings (SSSR count). The SMILES string of the molecule is CCCCC(C(=O)CO[PH](=O)OCC(=O)C(CCCC)C(F)(F)F)C(F)(F)F. The first-order valence-corrected chi connectivity index (χ1v) is 10.0. The number of carbonyl (C=O) groups is 2. The van der Waals surface area contributed by atoms with Gasteiger partial charge in [0.15, 0.2) is 11.6 Å². The predicted octanol–water partition coefficient (Wildman–Crippen LogP) is 5.28. The van der Waals surface area contributed by atoms with Crippen LogP contribution in [0.2, 0.25) is 0 Å². The van der Waals surface area contributed by atoms with Gasteiger partial charge in [0.25, 0.3) is 0 Å². The minimum atomic E-state index is -4.79. The van der Waals surface area contributed by atoms with Crippen molar-refractivity contribution in [3.05, 3.63) is 0 Å². The third-order valence-corrected chi connectivity index (χ3v) is 4.68. The number of hydrogen-bond donors (Lipinski definition) is 0. The Morgan fingerprint density at radius 3 is 1.36 bits per heavy atom. The average molecular weight is 442 g/mol. The lowest BCUT2D eigenvalue weighted by molar-refractivity contribution is -0.184. The van der Waals surface area contributed by atoms with Crippen LogP contribution in [0.4, 0.5) is 26.3 Å². The summed E-state index contributed by atoms with van der Waals surface area (Å²) in [5.41, 5.74) is 0. The van der Waals surface area contributed by atoms with Crippen LogP contribution in [0.15, 0.2) is 0 Å². The molecule has 0 aromatic heterocycles. The molecule has 2 unspecified atom stereocenters. The second kappa shape index (κ2) is 12.6. The van der Waals surface area contributed by atoms with Gasteiger partial charge in [0.1, 0.15) is 25.0 Å². The first-order chi connectivity index (χ1) is 12.8. The molecule has 0 fully saturated rings. The van der Waals surface area contributed by atoms with Gasteiger partial charge in [-0.05, 0) is 12.8 Å². The molecule has 0 aliphatic rings. The molecule has 0 spiro atoms. The quantitative estimate of drug-likeness (QED) is 0.270. The lowest BCUT2D eigenvalue weighted by Crippen LogP contribution is -2.33. The topological polar surface area (TPSA) is 69.7 Å². The molecule has 0 aliphatic heterocycles. The normalized spacial score (nSPS) is 15.9. The molecule has 0 heterocycles. The van der Waals surface area contributed by atoms with E-state index in [-0.39, 0.29) is 12.8 Å². The van der Waals surface area contributed by atoms with Gasteiger partial charge in [-0.3, -0.25) is 14.2 Å². The molecule has 28 heavy (non-hydrogen) atoms. The van der Waals surface area contributed by atoms with Crippen molar-refractivity contribution in [3.8, 4) is 0 Å². The molecule has 5 nitrogen and oxygen atoms in total. The van der Waals surface area contributed by atoms with Gasteiger partial charge >= 0.3 is 20.6 Å². The van der Waals surface area contributed by atoms with E-state index in [1.165, 1.54) is 0 Å². The maximum Gasteiger partial charge on any atom is 0.398 e. The van der Waals surface area contributed by atoms with Gasteiger partial charge in [-0.2, -0.15) is 26.3 Å². The van der Waals surface area contributed by atoms with Crippen molar-refractivity contribution in [2.24, 2.45) is 11.8 Å². The molecule has 0 saturated carbocycles. The summed E-state index contributed by atoms with van der Waals surface area (Å²) >= 11 is 0. The highest BCUT2D eigenvalue weighted by Gasteiger charge is 2.45. The summed E-state index contributed by atoms with van der Waals surface area (Å²) in [7, 11) is -3.60. The standard InChI is InChI=1S/C16H25F6O5P/c1-3-5-7-11(15(17,18)19)13(23)9-26-28(25)27-10-14(24)12(8-6-4-2)16(20,21)22/h11-12,28H,3-10H2,1-2H3. The van der Waals surface area contributed by atoms with Gasteiger partial charge in [0.05, 0.1) is 0 Å². The number of alkyl halides is 6. The molecule has 166 valence electrons. The lowest BCUT2D eigenvalue weighted by Gasteiger charge is -2.19. The molecule has 2 atom stereocenters. The Kier molecular flexibility index (Phi) is 12.2. The minimum Gasteiger partial charge on any atom is -0.303 e. The largest absolute Gasteiger partial charge is 0.398 e. The second-order valence-electron chi connectivity index (χ2n) is 6.23. The minimum absolute atomic E-state index is 0.146. The molecule has 0 saturated heterocycles. The third-order valence-electron chi connectivity index (χ3n) is 3.92. The van der Waals surface area contributed by atoms with Crippen LogP contribution in [-0.2, 0) is 23.2 Å². The fourth-order valence-electron chi connectivity index (χ4n) is 2.33. The van der Waals surface area contributed by atoms with E-state index in [1.807, 2.05) is 0 Å². The highest BCUT2D eigenvalue weighted by atomic mass is 31.1. The fourth-order valence-corrected chi connectivity index (χ4v) is 2.94. The van der Waals surface area contributed by atoms with Gasteiger partial charge in [-0.25, -0.2) is 0 Å². The van der Waals surface area contributed by atoms with Crippen LogP contribution in [0.25, 0.3) is 0 Å². The summed E-state index contributed by atoms with van der Waals surface area (Å²) in [6.07, 6.45) is -9.33. The van der Waals surface area contributed by atoms with Crippen molar-refractivity contribution in [2.75, 3.05) is 13.2 Å². The van der Waals surface area contributed by atoms with Crippen molar-refractivity contribution < 1.29 is 49.5 Å². The molecule has 0 bridgehead atoms. The molecular weight excluding hydrogens is 417 g/mol.